The fourth-order valence-electron chi connectivity index (χ4n) is 1.97. The molecule has 0 aromatic heterocycles. The van der Waals surface area contributed by atoms with Crippen LogP contribution in [0.15, 0.2) is 42.5 Å². The normalized spacial score (nSPS) is 10.8. The second-order valence-electron chi connectivity index (χ2n) is 4.33. The third-order valence-electron chi connectivity index (χ3n) is 3.00. The predicted octanol–water partition coefficient (Wildman–Crippen LogP) is 3.47. The molecule has 0 aliphatic rings. The number of allylic oxidation sites excluding steroid dienone is 1. The number of nitrogens with zero attached hydrogens (tertiary/aromatic N) is 1. The lowest BCUT2D eigenvalue weighted by Gasteiger charge is -2.09. The number of hydrogen-bond donors (Lipinski definition) is 1. The number of phenolic OH excluding ortho intramolecular Hbond substituents is 1. The summed E-state index contributed by atoms with van der Waals surface area (Å²) in [5.41, 5.74) is 1.95. The van der Waals surface area contributed by atoms with Crippen molar-refractivity contribution in [2.75, 3.05) is 14.2 Å². The first-order chi connectivity index (χ1) is 10.2. The Morgan fingerprint density at radius 2 is 1.86 bits per heavy atom. The van der Waals surface area contributed by atoms with Gasteiger partial charge in [0.05, 0.1) is 25.9 Å². The summed E-state index contributed by atoms with van der Waals surface area (Å²) in [5.74, 6) is 1.33. The van der Waals surface area contributed by atoms with E-state index < -0.39 is 0 Å². The molecule has 0 unspecified atom stereocenters. The van der Waals surface area contributed by atoms with E-state index in [4.69, 9.17) is 9.47 Å². The number of methoxy groups -OCH3 is 2. The van der Waals surface area contributed by atoms with Crippen LogP contribution >= 0.6 is 0 Å². The van der Waals surface area contributed by atoms with Crippen LogP contribution in [0, 0.1) is 11.3 Å². The fraction of sp³-hybridized carbons (Fsp3) is 0.118. The molecule has 0 aliphatic heterocycles. The smallest absolute Gasteiger partial charge is 0.161 e. The lowest BCUT2D eigenvalue weighted by Crippen LogP contribution is -1.92. The third-order valence-corrected chi connectivity index (χ3v) is 3.00. The summed E-state index contributed by atoms with van der Waals surface area (Å²) in [4.78, 5) is 0. The van der Waals surface area contributed by atoms with E-state index in [1.165, 1.54) is 0 Å². The standard InChI is InChI=1S/C17H15NO3/c1-20-16-7-6-13(10-17(16)21-2)14(11-18)8-12-4-3-5-15(19)9-12/h3-10,19H,1-2H3/b14-8-. The van der Waals surface area contributed by atoms with Crippen LogP contribution in [0.3, 0.4) is 0 Å². The van der Waals surface area contributed by atoms with Gasteiger partial charge in [0.1, 0.15) is 5.75 Å². The molecule has 0 aliphatic carbocycles. The highest BCUT2D eigenvalue weighted by Gasteiger charge is 2.08. The zero-order valence-electron chi connectivity index (χ0n) is 11.8. The van der Waals surface area contributed by atoms with Crippen LogP contribution in [0.4, 0.5) is 0 Å². The monoisotopic (exact) mass is 281 g/mol. The van der Waals surface area contributed by atoms with Gasteiger partial charge >= 0.3 is 0 Å². The summed E-state index contributed by atoms with van der Waals surface area (Å²) >= 11 is 0. The number of ether oxygens (including phenoxy) is 2. The topological polar surface area (TPSA) is 62.5 Å². The molecule has 0 fully saturated rings. The average molecular weight is 281 g/mol. The highest BCUT2D eigenvalue weighted by Crippen LogP contribution is 2.31. The van der Waals surface area contributed by atoms with Gasteiger partial charge in [-0.2, -0.15) is 5.26 Å². The number of benzene rings is 2. The van der Waals surface area contributed by atoms with Gasteiger partial charge in [-0.25, -0.2) is 0 Å². The minimum atomic E-state index is 0.161. The maximum atomic E-state index is 9.47. The molecule has 2 aromatic carbocycles. The molecule has 0 saturated heterocycles. The van der Waals surface area contributed by atoms with Crippen LogP contribution < -0.4 is 9.47 Å². The van der Waals surface area contributed by atoms with E-state index in [9.17, 15) is 10.4 Å². The molecule has 0 atom stereocenters. The van der Waals surface area contributed by atoms with Gasteiger partial charge in [-0.05, 0) is 47.5 Å². The zero-order chi connectivity index (χ0) is 15.2. The first-order valence-electron chi connectivity index (χ1n) is 6.31. The Morgan fingerprint density at radius 3 is 2.48 bits per heavy atom. The summed E-state index contributed by atoms with van der Waals surface area (Å²) < 4.78 is 10.4. The first-order valence-corrected chi connectivity index (χ1v) is 6.31. The summed E-state index contributed by atoms with van der Waals surface area (Å²) in [6, 6.07) is 14.2. The van der Waals surface area contributed by atoms with Gasteiger partial charge < -0.3 is 14.6 Å². The molecule has 2 rings (SSSR count). The Morgan fingerprint density at radius 1 is 1.10 bits per heavy atom. The Hall–Kier alpha value is -2.93. The molecule has 106 valence electrons. The molecule has 2 aromatic rings. The van der Waals surface area contributed by atoms with Crippen molar-refractivity contribution in [3.05, 3.63) is 53.6 Å². The van der Waals surface area contributed by atoms with Crippen LogP contribution in [-0.2, 0) is 0 Å². The van der Waals surface area contributed by atoms with Crippen LogP contribution in [-0.4, -0.2) is 19.3 Å². The van der Waals surface area contributed by atoms with Crippen molar-refractivity contribution in [1.29, 1.82) is 5.26 Å². The molecular weight excluding hydrogens is 266 g/mol. The van der Waals surface area contributed by atoms with E-state index in [-0.39, 0.29) is 5.75 Å². The van der Waals surface area contributed by atoms with Crippen molar-refractivity contribution in [2.45, 2.75) is 0 Å². The van der Waals surface area contributed by atoms with Crippen molar-refractivity contribution < 1.29 is 14.6 Å². The zero-order valence-corrected chi connectivity index (χ0v) is 11.8. The van der Waals surface area contributed by atoms with Crippen LogP contribution in [0.5, 0.6) is 17.2 Å². The number of hydrogen-bond acceptors (Lipinski definition) is 4. The van der Waals surface area contributed by atoms with Crippen LogP contribution in [0.25, 0.3) is 11.6 Å². The Balaban J connectivity index is 2.45. The lowest BCUT2D eigenvalue weighted by molar-refractivity contribution is 0.355. The van der Waals surface area contributed by atoms with Crippen LogP contribution in [0.2, 0.25) is 0 Å². The van der Waals surface area contributed by atoms with Crippen molar-refractivity contribution in [1.82, 2.24) is 0 Å². The maximum absolute atomic E-state index is 9.47. The van der Waals surface area contributed by atoms with E-state index in [0.717, 1.165) is 11.1 Å². The number of phenols is 1. The van der Waals surface area contributed by atoms with Crippen molar-refractivity contribution in [3.8, 4) is 23.3 Å². The van der Waals surface area contributed by atoms with E-state index in [2.05, 4.69) is 6.07 Å². The van der Waals surface area contributed by atoms with Crippen molar-refractivity contribution >= 4 is 11.6 Å². The van der Waals surface area contributed by atoms with Crippen molar-refractivity contribution in [2.24, 2.45) is 0 Å². The Labute approximate surface area is 123 Å². The van der Waals surface area contributed by atoms with E-state index in [0.29, 0.717) is 17.1 Å². The van der Waals surface area contributed by atoms with Gasteiger partial charge in [-0.1, -0.05) is 12.1 Å². The Bertz CT molecular complexity index is 714. The largest absolute Gasteiger partial charge is 0.508 e. The Kier molecular flexibility index (Phi) is 4.47. The highest BCUT2D eigenvalue weighted by molar-refractivity contribution is 5.90. The molecule has 1 N–H and O–H groups in total. The molecule has 0 bridgehead atoms. The lowest BCUT2D eigenvalue weighted by atomic mass is 10.0. The number of rotatable bonds is 4. The van der Waals surface area contributed by atoms with Crippen LogP contribution in [0.1, 0.15) is 11.1 Å². The van der Waals surface area contributed by atoms with Gasteiger partial charge in [0, 0.05) is 0 Å². The predicted molar refractivity (Wildman–Crippen MR) is 81.1 cm³/mol. The molecule has 4 heteroatoms. The van der Waals surface area contributed by atoms with E-state index >= 15 is 0 Å². The van der Waals surface area contributed by atoms with Gasteiger partial charge in [0.15, 0.2) is 11.5 Å². The second kappa shape index (κ2) is 6.49. The highest BCUT2D eigenvalue weighted by atomic mass is 16.5. The molecule has 0 saturated carbocycles. The molecule has 0 amide bonds. The molecule has 21 heavy (non-hydrogen) atoms. The van der Waals surface area contributed by atoms with Gasteiger partial charge in [0.2, 0.25) is 0 Å². The van der Waals surface area contributed by atoms with Gasteiger partial charge in [0.25, 0.3) is 0 Å². The van der Waals surface area contributed by atoms with Gasteiger partial charge in [-0.3, -0.25) is 0 Å². The summed E-state index contributed by atoms with van der Waals surface area (Å²) in [6.07, 6.45) is 1.71. The number of aromatic hydroxyl groups is 1. The van der Waals surface area contributed by atoms with E-state index in [1.807, 2.05) is 6.07 Å². The quantitative estimate of drug-likeness (QED) is 0.688. The summed E-state index contributed by atoms with van der Waals surface area (Å²) in [7, 11) is 3.11. The second-order valence-corrected chi connectivity index (χ2v) is 4.33. The molecule has 0 spiro atoms. The SMILES string of the molecule is COc1ccc(/C(C#N)=C\c2cccc(O)c2)cc1OC. The fourth-order valence-corrected chi connectivity index (χ4v) is 1.97. The van der Waals surface area contributed by atoms with Gasteiger partial charge in [-0.15, -0.1) is 0 Å². The molecule has 0 heterocycles. The van der Waals surface area contributed by atoms with E-state index in [1.54, 1.807) is 56.7 Å². The summed E-state index contributed by atoms with van der Waals surface area (Å²) in [6.45, 7) is 0. The molecule has 0 radical (unpaired) electrons. The molecule has 4 nitrogen and oxygen atoms in total. The minimum absolute atomic E-state index is 0.161. The van der Waals surface area contributed by atoms with Crippen molar-refractivity contribution in [3.63, 3.8) is 0 Å². The third kappa shape index (κ3) is 3.34. The molecular formula is C17H15NO3. The minimum Gasteiger partial charge on any atom is -0.508 e. The number of nitriles is 1. The summed E-state index contributed by atoms with van der Waals surface area (Å²) in [5, 5.41) is 18.8. The maximum Gasteiger partial charge on any atom is 0.161 e. The first kappa shape index (κ1) is 14.5. The average Bonchev–Trinajstić information content (AvgIpc) is 2.52.